The lowest BCUT2D eigenvalue weighted by molar-refractivity contribution is 0.359. The maximum atomic E-state index is 15.0. The van der Waals surface area contributed by atoms with Crippen molar-refractivity contribution >= 4 is 16.6 Å². The van der Waals surface area contributed by atoms with E-state index >= 15 is 0 Å². The molecule has 3 aromatic heterocycles. The van der Waals surface area contributed by atoms with Gasteiger partial charge in [0.1, 0.15) is 11.2 Å². The van der Waals surface area contributed by atoms with E-state index in [-0.39, 0.29) is 17.0 Å². The minimum absolute atomic E-state index is 0.0337. The smallest absolute Gasteiger partial charge is 0.264 e. The Morgan fingerprint density at radius 1 is 1.21 bits per heavy atom. The average molecular weight is 378 g/mol. The summed E-state index contributed by atoms with van der Waals surface area (Å²) >= 11 is 0. The van der Waals surface area contributed by atoms with Crippen molar-refractivity contribution in [3.63, 3.8) is 0 Å². The summed E-state index contributed by atoms with van der Waals surface area (Å²) in [6, 6.07) is 3.14. The van der Waals surface area contributed by atoms with Crippen LogP contribution in [0.4, 0.5) is 4.39 Å². The van der Waals surface area contributed by atoms with Gasteiger partial charge < -0.3 is 9.72 Å². The molecule has 1 aliphatic heterocycles. The van der Waals surface area contributed by atoms with E-state index in [1.165, 1.54) is 6.07 Å². The van der Waals surface area contributed by atoms with Crippen LogP contribution >= 0.6 is 0 Å². The summed E-state index contributed by atoms with van der Waals surface area (Å²) in [5.41, 5.74) is 2.72. The molecule has 5 rings (SSSR count). The second kappa shape index (κ2) is 6.49. The standard InChI is InChI=1S/C20H19FN6O/c1-12-19-25-17(10-26(19)7-6-23-12)13-8-15(21)18-16(9-13)24-11-27(20(18)28)14-2-4-22-5-3-14/h6-11,14,22H,2-5H2,1H3. The number of benzene rings is 1. The van der Waals surface area contributed by atoms with Crippen molar-refractivity contribution in [2.75, 3.05) is 13.1 Å². The van der Waals surface area contributed by atoms with Crippen LogP contribution in [0.2, 0.25) is 0 Å². The first-order valence-corrected chi connectivity index (χ1v) is 9.33. The van der Waals surface area contributed by atoms with Gasteiger partial charge in [0.05, 0.1) is 23.2 Å². The lowest BCUT2D eigenvalue weighted by atomic mass is 10.1. The van der Waals surface area contributed by atoms with E-state index in [0.717, 1.165) is 31.6 Å². The van der Waals surface area contributed by atoms with E-state index in [4.69, 9.17) is 0 Å². The molecule has 142 valence electrons. The minimum atomic E-state index is -0.569. The number of hydrogen-bond donors (Lipinski definition) is 1. The largest absolute Gasteiger partial charge is 0.317 e. The number of imidazole rings is 1. The Hall–Kier alpha value is -3.13. The maximum absolute atomic E-state index is 15.0. The summed E-state index contributed by atoms with van der Waals surface area (Å²) in [7, 11) is 0. The molecule has 0 amide bonds. The van der Waals surface area contributed by atoms with Gasteiger partial charge in [0.25, 0.3) is 5.56 Å². The molecule has 0 atom stereocenters. The summed E-state index contributed by atoms with van der Waals surface area (Å²) in [5.74, 6) is -0.569. The topological polar surface area (TPSA) is 77.1 Å². The lowest BCUT2D eigenvalue weighted by Gasteiger charge is -2.24. The average Bonchev–Trinajstić information content (AvgIpc) is 3.14. The Balaban J connectivity index is 1.64. The second-order valence-corrected chi connectivity index (χ2v) is 7.16. The van der Waals surface area contributed by atoms with Gasteiger partial charge in [0.15, 0.2) is 5.65 Å². The number of nitrogens with zero attached hydrogens (tertiary/aromatic N) is 5. The molecule has 7 nitrogen and oxygen atoms in total. The van der Waals surface area contributed by atoms with Crippen LogP contribution in [0.15, 0.2) is 41.8 Å². The summed E-state index contributed by atoms with van der Waals surface area (Å²) in [5, 5.41) is 3.30. The van der Waals surface area contributed by atoms with Crippen LogP contribution in [0.25, 0.3) is 27.8 Å². The number of piperidine rings is 1. The van der Waals surface area contributed by atoms with Crippen LogP contribution in [0.1, 0.15) is 24.6 Å². The van der Waals surface area contributed by atoms with Gasteiger partial charge in [-0.2, -0.15) is 0 Å². The fourth-order valence-corrected chi connectivity index (χ4v) is 3.89. The first-order chi connectivity index (χ1) is 13.6. The van der Waals surface area contributed by atoms with E-state index < -0.39 is 5.82 Å². The van der Waals surface area contributed by atoms with E-state index in [2.05, 4.69) is 20.3 Å². The lowest BCUT2D eigenvalue weighted by Crippen LogP contribution is -2.34. The van der Waals surface area contributed by atoms with Crippen molar-refractivity contribution in [3.8, 4) is 11.3 Å². The number of halogens is 1. The Kier molecular flexibility index (Phi) is 3.94. The van der Waals surface area contributed by atoms with E-state index in [9.17, 15) is 9.18 Å². The second-order valence-electron chi connectivity index (χ2n) is 7.16. The quantitative estimate of drug-likeness (QED) is 0.580. The van der Waals surface area contributed by atoms with Gasteiger partial charge in [-0.1, -0.05) is 0 Å². The third-order valence-electron chi connectivity index (χ3n) is 5.39. The molecule has 1 saturated heterocycles. The Labute approximate surface area is 159 Å². The molecule has 1 N–H and O–H groups in total. The Bertz CT molecular complexity index is 1260. The van der Waals surface area contributed by atoms with Gasteiger partial charge in [0.2, 0.25) is 0 Å². The van der Waals surface area contributed by atoms with Crippen LogP contribution in [0.5, 0.6) is 0 Å². The van der Waals surface area contributed by atoms with Crippen LogP contribution in [-0.2, 0) is 0 Å². The summed E-state index contributed by atoms with van der Waals surface area (Å²) in [6.07, 6.45) is 8.52. The number of fused-ring (bicyclic) bond motifs is 2. The molecule has 1 fully saturated rings. The van der Waals surface area contributed by atoms with Gasteiger partial charge in [-0.3, -0.25) is 14.3 Å². The highest BCUT2D eigenvalue weighted by Crippen LogP contribution is 2.26. The Morgan fingerprint density at radius 3 is 2.82 bits per heavy atom. The third-order valence-corrected chi connectivity index (χ3v) is 5.39. The van der Waals surface area contributed by atoms with Gasteiger partial charge in [-0.25, -0.2) is 14.4 Å². The maximum Gasteiger partial charge on any atom is 0.264 e. The van der Waals surface area contributed by atoms with Crippen molar-refractivity contribution in [2.45, 2.75) is 25.8 Å². The summed E-state index contributed by atoms with van der Waals surface area (Å²) in [6.45, 7) is 3.56. The SMILES string of the molecule is Cc1nccn2cc(-c3cc(F)c4c(=O)n(C5CCNCC5)cnc4c3)nc12. The number of nitrogens with one attached hydrogen (secondary N) is 1. The predicted octanol–water partition coefficient (Wildman–Crippen LogP) is 2.48. The normalized spacial score (nSPS) is 15.5. The molecule has 1 aromatic carbocycles. The Morgan fingerprint density at radius 2 is 2.04 bits per heavy atom. The minimum Gasteiger partial charge on any atom is -0.317 e. The highest BCUT2D eigenvalue weighted by atomic mass is 19.1. The summed E-state index contributed by atoms with van der Waals surface area (Å²) < 4.78 is 18.4. The molecule has 28 heavy (non-hydrogen) atoms. The van der Waals surface area contributed by atoms with E-state index in [0.29, 0.717) is 22.4 Å². The molecular weight excluding hydrogens is 359 g/mol. The van der Waals surface area contributed by atoms with Gasteiger partial charge in [0, 0.05) is 30.2 Å². The highest BCUT2D eigenvalue weighted by molar-refractivity contribution is 5.83. The highest BCUT2D eigenvalue weighted by Gasteiger charge is 2.20. The molecule has 0 radical (unpaired) electrons. The molecule has 1 aliphatic rings. The molecular formula is C20H19FN6O. The first kappa shape index (κ1) is 17.0. The van der Waals surface area contributed by atoms with Crippen LogP contribution < -0.4 is 10.9 Å². The van der Waals surface area contributed by atoms with Crippen molar-refractivity contribution < 1.29 is 4.39 Å². The fourth-order valence-electron chi connectivity index (χ4n) is 3.89. The number of aryl methyl sites for hydroxylation is 1. The van der Waals surface area contributed by atoms with E-state index in [1.807, 2.05) is 17.5 Å². The molecule has 0 unspecified atom stereocenters. The van der Waals surface area contributed by atoms with E-state index in [1.54, 1.807) is 29.4 Å². The van der Waals surface area contributed by atoms with Gasteiger partial charge in [-0.15, -0.1) is 0 Å². The molecule has 0 saturated carbocycles. The van der Waals surface area contributed by atoms with Gasteiger partial charge in [-0.05, 0) is 45.0 Å². The summed E-state index contributed by atoms with van der Waals surface area (Å²) in [4.78, 5) is 26.1. The molecule has 8 heteroatoms. The zero-order valence-electron chi connectivity index (χ0n) is 15.4. The van der Waals surface area contributed by atoms with Crippen molar-refractivity contribution in [2.24, 2.45) is 0 Å². The molecule has 4 heterocycles. The van der Waals surface area contributed by atoms with Crippen molar-refractivity contribution in [1.29, 1.82) is 0 Å². The molecule has 0 bridgehead atoms. The van der Waals surface area contributed by atoms with Crippen LogP contribution in [0.3, 0.4) is 0 Å². The van der Waals surface area contributed by atoms with Crippen LogP contribution in [-0.4, -0.2) is 37.0 Å². The zero-order valence-corrected chi connectivity index (χ0v) is 15.4. The third kappa shape index (κ3) is 2.68. The van der Waals surface area contributed by atoms with Gasteiger partial charge >= 0.3 is 0 Å². The number of rotatable bonds is 2. The van der Waals surface area contributed by atoms with Crippen molar-refractivity contribution in [1.82, 2.24) is 29.2 Å². The fraction of sp³-hybridized carbons (Fsp3) is 0.300. The monoisotopic (exact) mass is 378 g/mol. The number of aromatic nitrogens is 5. The predicted molar refractivity (Wildman–Crippen MR) is 104 cm³/mol. The molecule has 0 aliphatic carbocycles. The zero-order chi connectivity index (χ0) is 19.3. The molecule has 0 spiro atoms. The number of hydrogen-bond acceptors (Lipinski definition) is 5. The first-order valence-electron chi connectivity index (χ1n) is 9.33. The van der Waals surface area contributed by atoms with Crippen LogP contribution in [0, 0.1) is 12.7 Å². The van der Waals surface area contributed by atoms with Crippen molar-refractivity contribution in [3.05, 3.63) is 58.9 Å². The molecule has 4 aromatic rings.